The van der Waals surface area contributed by atoms with Crippen molar-refractivity contribution < 1.29 is 5.11 Å². The van der Waals surface area contributed by atoms with Crippen molar-refractivity contribution in [3.05, 3.63) is 66.7 Å². The van der Waals surface area contributed by atoms with E-state index < -0.39 is 0 Å². The lowest BCUT2D eigenvalue weighted by atomic mass is 9.90. The quantitative estimate of drug-likeness (QED) is 0.270. The van der Waals surface area contributed by atoms with Crippen LogP contribution in [-0.4, -0.2) is 5.11 Å². The lowest BCUT2D eigenvalue weighted by molar-refractivity contribution is 0.482. The highest BCUT2D eigenvalue weighted by Gasteiger charge is 2.13. The Hall–Kier alpha value is -2.80. The van der Waals surface area contributed by atoms with E-state index >= 15 is 0 Å². The number of hydrogen-bond acceptors (Lipinski definition) is 1. The van der Waals surface area contributed by atoms with Crippen LogP contribution in [0.4, 0.5) is 0 Å². The van der Waals surface area contributed by atoms with Crippen LogP contribution in [0, 0.1) is 0 Å². The highest BCUT2D eigenvalue weighted by atomic mass is 16.3. The van der Waals surface area contributed by atoms with Gasteiger partial charge in [0.25, 0.3) is 0 Å². The molecule has 0 saturated heterocycles. The zero-order valence-electron chi connectivity index (χ0n) is 11.3. The lowest BCUT2D eigenvalue weighted by Gasteiger charge is -2.14. The zero-order valence-corrected chi connectivity index (χ0v) is 11.3. The topological polar surface area (TPSA) is 20.2 Å². The largest absolute Gasteiger partial charge is 0.507 e. The SMILES string of the molecule is C.Oc1ccc2c3cccc4cccc(c5cccc1c52)c43. The second kappa shape index (κ2) is 4.35. The molecule has 5 aromatic carbocycles. The number of benzene rings is 5. The number of rotatable bonds is 0. The number of hydrogen-bond donors (Lipinski definition) is 1. The summed E-state index contributed by atoms with van der Waals surface area (Å²) in [6.07, 6.45) is 0. The van der Waals surface area contributed by atoms with Crippen molar-refractivity contribution in [2.24, 2.45) is 0 Å². The van der Waals surface area contributed by atoms with Crippen molar-refractivity contribution >= 4 is 43.1 Å². The van der Waals surface area contributed by atoms with Crippen LogP contribution in [0.1, 0.15) is 7.43 Å². The van der Waals surface area contributed by atoms with Gasteiger partial charge < -0.3 is 5.11 Å². The third-order valence-corrected chi connectivity index (χ3v) is 4.50. The maximum Gasteiger partial charge on any atom is 0.123 e. The summed E-state index contributed by atoms with van der Waals surface area (Å²) < 4.78 is 0. The van der Waals surface area contributed by atoms with Crippen LogP contribution in [0.25, 0.3) is 43.1 Å². The minimum absolute atomic E-state index is 0. The van der Waals surface area contributed by atoms with Gasteiger partial charge in [0.05, 0.1) is 0 Å². The minimum Gasteiger partial charge on any atom is -0.507 e. The van der Waals surface area contributed by atoms with Crippen molar-refractivity contribution in [3.63, 3.8) is 0 Å². The molecule has 0 fully saturated rings. The molecular formula is C21H16O. The summed E-state index contributed by atoms with van der Waals surface area (Å²) in [5.74, 6) is 0.349. The van der Waals surface area contributed by atoms with E-state index in [0.29, 0.717) is 5.75 Å². The van der Waals surface area contributed by atoms with Crippen molar-refractivity contribution in [2.45, 2.75) is 7.43 Å². The maximum absolute atomic E-state index is 10.2. The van der Waals surface area contributed by atoms with E-state index in [2.05, 4.69) is 42.5 Å². The molecule has 0 saturated carbocycles. The van der Waals surface area contributed by atoms with Crippen LogP contribution >= 0.6 is 0 Å². The third kappa shape index (κ3) is 1.43. The molecule has 0 unspecified atom stereocenters. The van der Waals surface area contributed by atoms with Gasteiger partial charge in [0.15, 0.2) is 0 Å². The Morgan fingerprint density at radius 3 is 1.68 bits per heavy atom. The Bertz CT molecular complexity index is 1090. The van der Waals surface area contributed by atoms with Crippen molar-refractivity contribution in [1.82, 2.24) is 0 Å². The van der Waals surface area contributed by atoms with E-state index in [1.54, 1.807) is 6.07 Å². The predicted molar refractivity (Wildman–Crippen MR) is 96.0 cm³/mol. The van der Waals surface area contributed by atoms with Crippen molar-refractivity contribution in [1.29, 1.82) is 0 Å². The normalized spacial score (nSPS) is 11.5. The van der Waals surface area contributed by atoms with Crippen LogP contribution in [0.15, 0.2) is 66.7 Å². The van der Waals surface area contributed by atoms with Crippen molar-refractivity contribution in [2.75, 3.05) is 0 Å². The Morgan fingerprint density at radius 1 is 0.500 bits per heavy atom. The molecule has 5 rings (SSSR count). The van der Waals surface area contributed by atoms with Gasteiger partial charge in [-0.3, -0.25) is 0 Å². The number of phenols is 1. The number of aromatic hydroxyl groups is 1. The molecule has 0 spiro atoms. The van der Waals surface area contributed by atoms with E-state index in [1.807, 2.05) is 18.2 Å². The molecule has 0 aromatic heterocycles. The summed E-state index contributed by atoms with van der Waals surface area (Å²) in [5.41, 5.74) is 0. The van der Waals surface area contributed by atoms with Crippen LogP contribution < -0.4 is 0 Å². The molecule has 1 N–H and O–H groups in total. The Kier molecular flexibility index (Phi) is 2.55. The summed E-state index contributed by atoms with van der Waals surface area (Å²) in [4.78, 5) is 0. The summed E-state index contributed by atoms with van der Waals surface area (Å²) in [7, 11) is 0. The van der Waals surface area contributed by atoms with Crippen LogP contribution in [-0.2, 0) is 0 Å². The molecule has 0 aliphatic carbocycles. The predicted octanol–water partition coefficient (Wildman–Crippen LogP) is 6.08. The minimum atomic E-state index is 0. The van der Waals surface area contributed by atoms with Gasteiger partial charge in [-0.2, -0.15) is 0 Å². The molecule has 0 radical (unpaired) electrons. The van der Waals surface area contributed by atoms with E-state index in [0.717, 1.165) is 10.8 Å². The molecule has 0 bridgehead atoms. The second-order valence-corrected chi connectivity index (χ2v) is 5.57. The van der Waals surface area contributed by atoms with Gasteiger partial charge in [-0.25, -0.2) is 0 Å². The first-order valence-corrected chi connectivity index (χ1v) is 7.12. The van der Waals surface area contributed by atoms with Crippen molar-refractivity contribution in [3.8, 4) is 5.75 Å². The highest BCUT2D eigenvalue weighted by molar-refractivity contribution is 6.33. The first kappa shape index (κ1) is 12.9. The molecule has 106 valence electrons. The molecule has 1 nitrogen and oxygen atoms in total. The van der Waals surface area contributed by atoms with Gasteiger partial charge in [-0.05, 0) is 38.4 Å². The second-order valence-electron chi connectivity index (χ2n) is 5.57. The number of phenolic OH excluding ortho intramolecular Hbond substituents is 1. The van der Waals surface area contributed by atoms with Crippen LogP contribution in [0.2, 0.25) is 0 Å². The van der Waals surface area contributed by atoms with Crippen LogP contribution in [0.3, 0.4) is 0 Å². The average Bonchev–Trinajstić information content (AvgIpc) is 2.54. The molecule has 0 heterocycles. The Labute approximate surface area is 128 Å². The molecule has 1 heteroatoms. The fourth-order valence-electron chi connectivity index (χ4n) is 3.63. The summed E-state index contributed by atoms with van der Waals surface area (Å²) in [5, 5.41) is 19.8. The van der Waals surface area contributed by atoms with E-state index in [1.165, 1.54) is 32.3 Å². The van der Waals surface area contributed by atoms with Gasteiger partial charge in [-0.1, -0.05) is 68.1 Å². The van der Waals surface area contributed by atoms with Gasteiger partial charge in [0.1, 0.15) is 5.75 Å². The highest BCUT2D eigenvalue weighted by Crippen LogP contribution is 2.41. The van der Waals surface area contributed by atoms with Gasteiger partial charge in [0, 0.05) is 10.8 Å². The summed E-state index contributed by atoms with van der Waals surface area (Å²) in [6, 6.07) is 22.9. The van der Waals surface area contributed by atoms with E-state index in [-0.39, 0.29) is 7.43 Å². The lowest BCUT2D eigenvalue weighted by Crippen LogP contribution is -1.86. The molecular weight excluding hydrogens is 268 g/mol. The molecule has 5 aromatic rings. The number of fused-ring (bicyclic) bond motifs is 2. The first-order chi connectivity index (χ1) is 10.3. The summed E-state index contributed by atoms with van der Waals surface area (Å²) >= 11 is 0. The molecule has 0 aliphatic rings. The molecule has 0 aliphatic heterocycles. The van der Waals surface area contributed by atoms with Gasteiger partial charge in [-0.15, -0.1) is 0 Å². The first-order valence-electron chi connectivity index (χ1n) is 7.12. The van der Waals surface area contributed by atoms with E-state index in [4.69, 9.17) is 0 Å². The molecule has 0 amide bonds. The van der Waals surface area contributed by atoms with Gasteiger partial charge in [0.2, 0.25) is 0 Å². The van der Waals surface area contributed by atoms with Gasteiger partial charge >= 0.3 is 0 Å². The third-order valence-electron chi connectivity index (χ3n) is 4.50. The van der Waals surface area contributed by atoms with E-state index in [9.17, 15) is 5.11 Å². The smallest absolute Gasteiger partial charge is 0.123 e. The summed E-state index contributed by atoms with van der Waals surface area (Å²) in [6.45, 7) is 0. The maximum atomic E-state index is 10.2. The Balaban J connectivity index is 0.00000125. The zero-order chi connectivity index (χ0) is 14.0. The monoisotopic (exact) mass is 284 g/mol. The molecule has 22 heavy (non-hydrogen) atoms. The van der Waals surface area contributed by atoms with Crippen LogP contribution in [0.5, 0.6) is 5.75 Å². The standard InChI is InChI=1S/C20H12O.CH4/c21-18-11-10-16-14-7-2-5-12-4-1-6-13(19(12)14)15-8-3-9-17(18)20(15)16;/h1-11,21H;1H4. The average molecular weight is 284 g/mol. The fraction of sp³-hybridized carbons (Fsp3) is 0.0476. The molecule has 0 atom stereocenters. The fourth-order valence-corrected chi connectivity index (χ4v) is 3.63. The Morgan fingerprint density at radius 2 is 1.00 bits per heavy atom.